The summed E-state index contributed by atoms with van der Waals surface area (Å²) in [4.78, 5) is 6.93. The van der Waals surface area contributed by atoms with Crippen LogP contribution in [0.25, 0.3) is 0 Å². The fourth-order valence-electron chi connectivity index (χ4n) is 3.19. The summed E-state index contributed by atoms with van der Waals surface area (Å²) in [6.07, 6.45) is 6.93. The van der Waals surface area contributed by atoms with Gasteiger partial charge in [-0.2, -0.15) is 4.98 Å². The minimum absolute atomic E-state index is 0.215. The van der Waals surface area contributed by atoms with Gasteiger partial charge in [0.05, 0.1) is 12.6 Å². The minimum Gasteiger partial charge on any atom is -0.424 e. The van der Waals surface area contributed by atoms with E-state index in [1.165, 1.54) is 25.7 Å². The van der Waals surface area contributed by atoms with Gasteiger partial charge in [0.1, 0.15) is 0 Å². The number of nitrogens with zero attached hydrogens (tertiary/aromatic N) is 5. The average Bonchev–Trinajstić information content (AvgIpc) is 3.42. The van der Waals surface area contributed by atoms with Crippen molar-refractivity contribution < 1.29 is 8.94 Å². The van der Waals surface area contributed by atoms with Crippen molar-refractivity contribution in [2.24, 2.45) is 0 Å². The second-order valence-corrected chi connectivity index (χ2v) is 6.70. The molecule has 0 bridgehead atoms. The summed E-state index contributed by atoms with van der Waals surface area (Å²) in [5.74, 6) is 4.17. The molecule has 1 aliphatic heterocycles. The molecule has 7 heteroatoms. The second-order valence-electron chi connectivity index (χ2n) is 6.70. The van der Waals surface area contributed by atoms with Gasteiger partial charge in [-0.1, -0.05) is 5.16 Å². The molecule has 7 nitrogen and oxygen atoms in total. The van der Waals surface area contributed by atoms with E-state index in [-0.39, 0.29) is 6.04 Å². The van der Waals surface area contributed by atoms with Gasteiger partial charge in [0.25, 0.3) is 0 Å². The molecule has 1 atom stereocenters. The molecule has 2 aliphatic carbocycles. The van der Waals surface area contributed by atoms with Crippen molar-refractivity contribution in [2.45, 2.75) is 62.9 Å². The molecule has 3 heterocycles. The van der Waals surface area contributed by atoms with Crippen LogP contribution < -0.4 is 0 Å². The Morgan fingerprint density at radius 3 is 2.64 bits per heavy atom. The lowest BCUT2D eigenvalue weighted by atomic mass is 10.2. The summed E-state index contributed by atoms with van der Waals surface area (Å²) in [5.41, 5.74) is 0. The van der Waals surface area contributed by atoms with E-state index in [0.29, 0.717) is 24.3 Å². The first-order chi connectivity index (χ1) is 10.9. The highest BCUT2D eigenvalue weighted by Crippen LogP contribution is 2.41. The Bertz CT molecular complexity index is 673. The third-order valence-electron chi connectivity index (χ3n) is 4.79. The maximum Gasteiger partial charge on any atom is 0.230 e. The molecule has 116 valence electrons. The first kappa shape index (κ1) is 12.8. The second kappa shape index (κ2) is 4.87. The van der Waals surface area contributed by atoms with Crippen LogP contribution in [0.3, 0.4) is 0 Å². The fraction of sp³-hybridized carbons (Fsp3) is 0.733. The van der Waals surface area contributed by atoms with Gasteiger partial charge in [-0.3, -0.25) is 4.90 Å². The molecule has 2 aromatic heterocycles. The number of rotatable bonds is 5. The van der Waals surface area contributed by atoms with E-state index in [0.717, 1.165) is 37.0 Å². The van der Waals surface area contributed by atoms with Crippen LogP contribution in [0.2, 0.25) is 0 Å². The Morgan fingerprint density at radius 1 is 1.00 bits per heavy atom. The summed E-state index contributed by atoms with van der Waals surface area (Å²) < 4.78 is 11.2. The van der Waals surface area contributed by atoms with Gasteiger partial charge in [0.2, 0.25) is 17.7 Å². The van der Waals surface area contributed by atoms with Crippen molar-refractivity contribution in [1.29, 1.82) is 0 Å². The molecule has 0 amide bonds. The summed E-state index contributed by atoms with van der Waals surface area (Å²) in [6.45, 7) is 1.69. The normalized spacial score (nSPS) is 25.9. The first-order valence-corrected chi connectivity index (χ1v) is 8.26. The van der Waals surface area contributed by atoms with Crippen LogP contribution in [0, 0.1) is 0 Å². The zero-order valence-corrected chi connectivity index (χ0v) is 12.4. The van der Waals surface area contributed by atoms with Crippen LogP contribution in [0.1, 0.15) is 79.9 Å². The third-order valence-corrected chi connectivity index (χ3v) is 4.79. The van der Waals surface area contributed by atoms with E-state index in [9.17, 15) is 0 Å². The van der Waals surface area contributed by atoms with Crippen molar-refractivity contribution >= 4 is 0 Å². The number of hydrogen-bond acceptors (Lipinski definition) is 7. The highest BCUT2D eigenvalue weighted by atomic mass is 16.5. The SMILES string of the molecule is C1C[C@H](c2noc(C3CC3)n2)N(Cc2nnc(C3CC3)o2)C1. The minimum atomic E-state index is 0.215. The molecular weight excluding hydrogens is 282 g/mol. The Balaban J connectivity index is 1.31. The zero-order chi connectivity index (χ0) is 14.5. The van der Waals surface area contributed by atoms with Crippen molar-refractivity contribution in [3.05, 3.63) is 23.5 Å². The van der Waals surface area contributed by atoms with Crippen LogP contribution in [0.15, 0.2) is 8.94 Å². The third kappa shape index (κ3) is 2.33. The van der Waals surface area contributed by atoms with Crippen molar-refractivity contribution in [1.82, 2.24) is 25.2 Å². The molecular formula is C15H19N5O2. The van der Waals surface area contributed by atoms with Crippen LogP contribution in [-0.4, -0.2) is 31.8 Å². The highest BCUT2D eigenvalue weighted by Gasteiger charge is 2.35. The Labute approximate surface area is 128 Å². The Hall–Kier alpha value is -1.76. The molecule has 2 aromatic rings. The van der Waals surface area contributed by atoms with Gasteiger partial charge < -0.3 is 8.94 Å². The number of likely N-dealkylation sites (tertiary alicyclic amines) is 1. The maximum absolute atomic E-state index is 5.78. The molecule has 0 aromatic carbocycles. The molecule has 2 saturated carbocycles. The monoisotopic (exact) mass is 301 g/mol. The van der Waals surface area contributed by atoms with E-state index in [4.69, 9.17) is 8.94 Å². The van der Waals surface area contributed by atoms with Crippen molar-refractivity contribution in [3.8, 4) is 0 Å². The summed E-state index contributed by atoms with van der Waals surface area (Å²) in [5, 5.41) is 12.6. The molecule has 5 rings (SSSR count). The van der Waals surface area contributed by atoms with E-state index in [1.807, 2.05) is 0 Å². The van der Waals surface area contributed by atoms with Crippen molar-refractivity contribution in [2.75, 3.05) is 6.54 Å². The van der Waals surface area contributed by atoms with Crippen LogP contribution in [-0.2, 0) is 6.54 Å². The molecule has 3 aliphatic rings. The van der Waals surface area contributed by atoms with E-state index >= 15 is 0 Å². The van der Waals surface area contributed by atoms with Gasteiger partial charge >= 0.3 is 0 Å². The number of hydrogen-bond donors (Lipinski definition) is 0. The molecule has 0 radical (unpaired) electrons. The molecule has 0 unspecified atom stereocenters. The lowest BCUT2D eigenvalue weighted by Gasteiger charge is -2.19. The first-order valence-electron chi connectivity index (χ1n) is 8.26. The van der Waals surface area contributed by atoms with Gasteiger partial charge in [-0.15, -0.1) is 10.2 Å². The summed E-state index contributed by atoms with van der Waals surface area (Å²) in [6, 6.07) is 0.215. The van der Waals surface area contributed by atoms with Gasteiger partial charge in [-0.25, -0.2) is 0 Å². The largest absolute Gasteiger partial charge is 0.424 e. The molecule has 0 spiro atoms. The van der Waals surface area contributed by atoms with E-state index < -0.39 is 0 Å². The van der Waals surface area contributed by atoms with Crippen LogP contribution in [0.4, 0.5) is 0 Å². The smallest absolute Gasteiger partial charge is 0.230 e. The summed E-state index contributed by atoms with van der Waals surface area (Å²) in [7, 11) is 0. The predicted octanol–water partition coefficient (Wildman–Crippen LogP) is 2.54. The fourth-order valence-corrected chi connectivity index (χ4v) is 3.19. The quantitative estimate of drug-likeness (QED) is 0.839. The lowest BCUT2D eigenvalue weighted by molar-refractivity contribution is 0.210. The Kier molecular flexibility index (Phi) is 2.82. The molecule has 3 fully saturated rings. The highest BCUT2D eigenvalue weighted by molar-refractivity contribution is 5.06. The molecule has 0 N–H and O–H groups in total. The number of aromatic nitrogens is 4. The standard InChI is InChI=1S/C15H19N5O2/c1-2-11(13-16-14(22-19-13)9-3-4-9)20(7-1)8-12-17-18-15(21-12)10-5-6-10/h9-11H,1-8H2/t11-/m1/s1. The van der Waals surface area contributed by atoms with Crippen LogP contribution >= 0.6 is 0 Å². The maximum atomic E-state index is 5.78. The van der Waals surface area contributed by atoms with Gasteiger partial charge in [0.15, 0.2) is 5.82 Å². The lowest BCUT2D eigenvalue weighted by Crippen LogP contribution is -2.23. The molecule has 22 heavy (non-hydrogen) atoms. The van der Waals surface area contributed by atoms with E-state index in [1.54, 1.807) is 0 Å². The zero-order valence-electron chi connectivity index (χ0n) is 12.4. The van der Waals surface area contributed by atoms with Crippen molar-refractivity contribution in [3.63, 3.8) is 0 Å². The molecule has 1 saturated heterocycles. The van der Waals surface area contributed by atoms with Gasteiger partial charge in [0, 0.05) is 11.8 Å². The Morgan fingerprint density at radius 2 is 1.82 bits per heavy atom. The topological polar surface area (TPSA) is 81.1 Å². The van der Waals surface area contributed by atoms with Gasteiger partial charge in [-0.05, 0) is 45.1 Å². The average molecular weight is 301 g/mol. The predicted molar refractivity (Wildman–Crippen MR) is 74.9 cm³/mol. The summed E-state index contributed by atoms with van der Waals surface area (Å²) >= 11 is 0. The van der Waals surface area contributed by atoms with Crippen LogP contribution in [0.5, 0.6) is 0 Å². The van der Waals surface area contributed by atoms with E-state index in [2.05, 4.69) is 25.2 Å².